The minimum atomic E-state index is -0.197. The highest BCUT2D eigenvalue weighted by atomic mass is 16.5. The quantitative estimate of drug-likeness (QED) is 0.394. The Morgan fingerprint density at radius 2 is 1.76 bits per heavy atom. The molecule has 0 unspecified atom stereocenters. The van der Waals surface area contributed by atoms with Gasteiger partial charge < -0.3 is 24.5 Å². The highest BCUT2D eigenvalue weighted by Crippen LogP contribution is 2.31. The molecule has 2 aromatic heterocycles. The first kappa shape index (κ1) is 24.8. The number of aromatic nitrogens is 2. The molecule has 3 heterocycles. The fraction of sp³-hybridized carbons (Fsp3) is 0.333. The molecule has 1 saturated heterocycles. The Labute approximate surface area is 217 Å². The lowest BCUT2D eigenvalue weighted by Gasteiger charge is -2.29. The predicted molar refractivity (Wildman–Crippen MR) is 148 cm³/mol. The van der Waals surface area contributed by atoms with Crippen molar-refractivity contribution in [3.8, 4) is 11.1 Å². The molecular weight excluding hydrogens is 464 g/mol. The maximum Gasteiger partial charge on any atom is 0.253 e. The standard InChI is InChI=1S/C30H34N4O3/c1-19(2)34-10-9-25-26(29(35)31-18-27-20(3)15-21(4)32-30(27)36)16-23(17-28(25)34)22-5-7-24(8-6-22)33-11-13-37-14-12-33/h5-10,15-17,19H,11-14,18H2,1-4H3,(H,31,35)(H,32,36). The Morgan fingerprint density at radius 1 is 1.03 bits per heavy atom. The Bertz CT molecular complexity index is 1490. The van der Waals surface area contributed by atoms with Gasteiger partial charge in [-0.3, -0.25) is 9.59 Å². The van der Waals surface area contributed by atoms with Gasteiger partial charge in [0.25, 0.3) is 11.5 Å². The molecule has 1 amide bonds. The summed E-state index contributed by atoms with van der Waals surface area (Å²) in [4.78, 5) is 31.1. The van der Waals surface area contributed by atoms with Crippen LogP contribution in [0.1, 0.15) is 47.1 Å². The second-order valence-electron chi connectivity index (χ2n) is 10.0. The van der Waals surface area contributed by atoms with Crippen LogP contribution in [-0.2, 0) is 11.3 Å². The number of aryl methyl sites for hydroxylation is 2. The van der Waals surface area contributed by atoms with Crippen molar-refractivity contribution in [3.05, 3.63) is 87.5 Å². The highest BCUT2D eigenvalue weighted by Gasteiger charge is 2.18. The molecule has 1 aliphatic heterocycles. The molecule has 0 saturated carbocycles. The van der Waals surface area contributed by atoms with Crippen molar-refractivity contribution in [2.75, 3.05) is 31.2 Å². The van der Waals surface area contributed by atoms with Gasteiger partial charge in [0.05, 0.1) is 13.2 Å². The van der Waals surface area contributed by atoms with Crippen molar-refractivity contribution in [1.82, 2.24) is 14.9 Å². The monoisotopic (exact) mass is 498 g/mol. The number of H-pyrrole nitrogens is 1. The normalized spacial score (nSPS) is 13.9. The van der Waals surface area contributed by atoms with Gasteiger partial charge in [0, 0.05) is 65.3 Å². The minimum absolute atomic E-state index is 0.164. The van der Waals surface area contributed by atoms with E-state index in [1.165, 1.54) is 5.69 Å². The van der Waals surface area contributed by atoms with Crippen LogP contribution in [0, 0.1) is 13.8 Å². The number of nitrogens with zero attached hydrogens (tertiary/aromatic N) is 2. The van der Waals surface area contributed by atoms with Crippen LogP contribution in [0.4, 0.5) is 5.69 Å². The number of anilines is 1. The molecule has 7 heteroatoms. The molecule has 1 aliphatic rings. The van der Waals surface area contributed by atoms with Gasteiger partial charge in [-0.25, -0.2) is 0 Å². The van der Waals surface area contributed by atoms with Crippen LogP contribution in [0.2, 0.25) is 0 Å². The van der Waals surface area contributed by atoms with Crippen LogP contribution in [0.25, 0.3) is 22.0 Å². The summed E-state index contributed by atoms with van der Waals surface area (Å²) in [6.07, 6.45) is 2.03. The molecule has 4 aromatic rings. The van der Waals surface area contributed by atoms with Crippen LogP contribution >= 0.6 is 0 Å². The van der Waals surface area contributed by atoms with Gasteiger partial charge in [0.15, 0.2) is 0 Å². The van der Waals surface area contributed by atoms with Crippen molar-refractivity contribution in [2.24, 2.45) is 0 Å². The van der Waals surface area contributed by atoms with Gasteiger partial charge in [-0.05, 0) is 80.8 Å². The number of amides is 1. The van der Waals surface area contributed by atoms with Gasteiger partial charge in [-0.2, -0.15) is 0 Å². The number of hydrogen-bond acceptors (Lipinski definition) is 4. The fourth-order valence-electron chi connectivity index (χ4n) is 5.12. The zero-order valence-corrected chi connectivity index (χ0v) is 21.9. The molecule has 192 valence electrons. The molecule has 2 N–H and O–H groups in total. The molecular formula is C30H34N4O3. The third-order valence-corrected chi connectivity index (χ3v) is 7.14. The molecule has 2 aromatic carbocycles. The number of ether oxygens (including phenoxy) is 1. The Balaban J connectivity index is 1.49. The van der Waals surface area contributed by atoms with E-state index in [0.29, 0.717) is 11.1 Å². The van der Waals surface area contributed by atoms with E-state index in [1.807, 2.05) is 38.2 Å². The van der Waals surface area contributed by atoms with Gasteiger partial charge in [-0.15, -0.1) is 0 Å². The lowest BCUT2D eigenvalue weighted by Crippen LogP contribution is -2.36. The number of nitrogens with one attached hydrogen (secondary N) is 2. The van der Waals surface area contributed by atoms with E-state index in [2.05, 4.69) is 63.9 Å². The number of morpholine rings is 1. The molecule has 0 radical (unpaired) electrons. The smallest absolute Gasteiger partial charge is 0.253 e. The Morgan fingerprint density at radius 3 is 2.43 bits per heavy atom. The summed E-state index contributed by atoms with van der Waals surface area (Å²) >= 11 is 0. The largest absolute Gasteiger partial charge is 0.378 e. The third kappa shape index (κ3) is 5.04. The minimum Gasteiger partial charge on any atom is -0.378 e. The summed E-state index contributed by atoms with van der Waals surface area (Å²) in [6.45, 7) is 11.5. The topological polar surface area (TPSA) is 79.4 Å². The Kier molecular flexibility index (Phi) is 6.89. The first-order chi connectivity index (χ1) is 17.8. The molecule has 0 spiro atoms. The molecule has 0 aliphatic carbocycles. The van der Waals surface area contributed by atoms with Crippen LogP contribution in [0.3, 0.4) is 0 Å². The molecule has 0 bridgehead atoms. The van der Waals surface area contributed by atoms with Gasteiger partial charge in [-0.1, -0.05) is 12.1 Å². The second kappa shape index (κ2) is 10.3. The summed E-state index contributed by atoms with van der Waals surface area (Å²) in [5, 5.41) is 3.89. The van der Waals surface area contributed by atoms with Crippen LogP contribution in [-0.4, -0.2) is 41.8 Å². The van der Waals surface area contributed by atoms with E-state index in [1.54, 1.807) is 0 Å². The SMILES string of the molecule is Cc1cc(C)c(CNC(=O)c2cc(-c3ccc(N4CCOCC4)cc3)cc3c2ccn3C(C)C)c(=O)[nH]1. The van der Waals surface area contributed by atoms with E-state index in [-0.39, 0.29) is 24.1 Å². The summed E-state index contributed by atoms with van der Waals surface area (Å²) in [5.41, 5.74) is 6.91. The summed E-state index contributed by atoms with van der Waals surface area (Å²) in [7, 11) is 0. The number of carbonyl (C=O) groups is 1. The summed E-state index contributed by atoms with van der Waals surface area (Å²) in [5.74, 6) is -0.197. The van der Waals surface area contributed by atoms with Crippen molar-refractivity contribution in [1.29, 1.82) is 0 Å². The number of rotatable bonds is 6. The van der Waals surface area contributed by atoms with E-state index in [4.69, 9.17) is 4.74 Å². The van der Waals surface area contributed by atoms with Crippen molar-refractivity contribution >= 4 is 22.5 Å². The van der Waals surface area contributed by atoms with Crippen molar-refractivity contribution in [2.45, 2.75) is 40.3 Å². The number of aromatic amines is 1. The van der Waals surface area contributed by atoms with E-state index in [9.17, 15) is 9.59 Å². The number of hydrogen-bond donors (Lipinski definition) is 2. The number of fused-ring (bicyclic) bond motifs is 1. The molecule has 1 fully saturated rings. The van der Waals surface area contributed by atoms with Gasteiger partial charge in [0.1, 0.15) is 0 Å². The first-order valence-electron chi connectivity index (χ1n) is 12.9. The molecule has 0 atom stereocenters. The third-order valence-electron chi connectivity index (χ3n) is 7.14. The second-order valence-corrected chi connectivity index (χ2v) is 10.0. The van der Waals surface area contributed by atoms with E-state index < -0.39 is 0 Å². The lowest BCUT2D eigenvalue weighted by molar-refractivity contribution is 0.0952. The molecule has 37 heavy (non-hydrogen) atoms. The zero-order valence-electron chi connectivity index (χ0n) is 21.9. The maximum atomic E-state index is 13.5. The fourth-order valence-corrected chi connectivity index (χ4v) is 5.12. The molecule has 7 nitrogen and oxygen atoms in total. The van der Waals surface area contributed by atoms with E-state index in [0.717, 1.165) is 59.6 Å². The van der Waals surface area contributed by atoms with Crippen LogP contribution in [0.5, 0.6) is 0 Å². The summed E-state index contributed by atoms with van der Waals surface area (Å²) in [6, 6.07) is 16.8. The maximum absolute atomic E-state index is 13.5. The zero-order chi connectivity index (χ0) is 26.1. The average molecular weight is 499 g/mol. The van der Waals surface area contributed by atoms with Crippen molar-refractivity contribution < 1.29 is 9.53 Å². The number of pyridine rings is 1. The summed E-state index contributed by atoms with van der Waals surface area (Å²) < 4.78 is 7.67. The van der Waals surface area contributed by atoms with E-state index >= 15 is 0 Å². The molecule has 5 rings (SSSR count). The van der Waals surface area contributed by atoms with Crippen molar-refractivity contribution in [3.63, 3.8) is 0 Å². The predicted octanol–water partition coefficient (Wildman–Crippen LogP) is 4.96. The number of carbonyl (C=O) groups excluding carboxylic acids is 1. The van der Waals surface area contributed by atoms with Crippen LogP contribution in [0.15, 0.2) is 59.5 Å². The van der Waals surface area contributed by atoms with Gasteiger partial charge >= 0.3 is 0 Å². The number of benzene rings is 2. The Hall–Kier alpha value is -3.84. The first-order valence-corrected chi connectivity index (χ1v) is 12.9. The lowest BCUT2D eigenvalue weighted by atomic mass is 9.99. The van der Waals surface area contributed by atoms with Gasteiger partial charge in [0.2, 0.25) is 0 Å². The highest BCUT2D eigenvalue weighted by molar-refractivity contribution is 6.08. The van der Waals surface area contributed by atoms with Crippen LogP contribution < -0.4 is 15.8 Å². The average Bonchev–Trinajstić information content (AvgIpc) is 3.32.